The molecule has 160 valence electrons. The third kappa shape index (κ3) is 5.12. The van der Waals surface area contributed by atoms with Gasteiger partial charge in [-0.15, -0.1) is 0 Å². The van der Waals surface area contributed by atoms with Gasteiger partial charge in [0.2, 0.25) is 0 Å². The minimum Gasteiger partial charge on any atom is -0.487 e. The highest BCUT2D eigenvalue weighted by Crippen LogP contribution is 2.35. The van der Waals surface area contributed by atoms with Gasteiger partial charge in [0.15, 0.2) is 0 Å². The van der Waals surface area contributed by atoms with Gasteiger partial charge in [-0.3, -0.25) is 15.5 Å². The lowest BCUT2D eigenvalue weighted by Gasteiger charge is -2.13. The maximum atomic E-state index is 10.7. The number of rotatable bonds is 7. The van der Waals surface area contributed by atoms with Crippen molar-refractivity contribution in [1.82, 2.24) is 4.98 Å². The number of nitro groups is 1. The number of benzene rings is 3. The van der Waals surface area contributed by atoms with Gasteiger partial charge in [0, 0.05) is 6.07 Å². The van der Waals surface area contributed by atoms with Gasteiger partial charge in [-0.05, 0) is 72.0 Å². The Morgan fingerprint density at radius 2 is 1.81 bits per heavy atom. The van der Waals surface area contributed by atoms with Crippen LogP contribution >= 0.6 is 31.9 Å². The van der Waals surface area contributed by atoms with Gasteiger partial charge in [0.1, 0.15) is 24.4 Å². The molecule has 0 aliphatic heterocycles. The summed E-state index contributed by atoms with van der Waals surface area (Å²) in [4.78, 5) is 14.1. The first-order valence-electron chi connectivity index (χ1n) is 9.49. The Morgan fingerprint density at radius 3 is 2.53 bits per heavy atom. The van der Waals surface area contributed by atoms with E-state index in [1.807, 2.05) is 30.3 Å². The topological polar surface area (TPSA) is 89.7 Å². The van der Waals surface area contributed by atoms with Crippen LogP contribution in [-0.4, -0.2) is 16.1 Å². The molecule has 0 unspecified atom stereocenters. The summed E-state index contributed by atoms with van der Waals surface area (Å²) >= 11 is 7.13. The standard InChI is InChI=1S/C23H16Br2N4O3/c24-20-10-15(12-27-28-22-9-8-18(13-26-22)29(30)31)11-21(25)23(20)32-14-17-6-3-5-16-4-1-2-7-19(16)17/h1-13H,14H2,(H,26,28)/b27-12+. The summed E-state index contributed by atoms with van der Waals surface area (Å²) < 4.78 is 7.66. The number of hydrogen-bond donors (Lipinski definition) is 1. The fraction of sp³-hybridized carbons (Fsp3) is 0.0435. The minimum atomic E-state index is -0.501. The largest absolute Gasteiger partial charge is 0.487 e. The molecule has 0 aliphatic rings. The number of hydrogen-bond acceptors (Lipinski definition) is 6. The molecule has 0 saturated heterocycles. The van der Waals surface area contributed by atoms with E-state index in [0.717, 1.165) is 25.5 Å². The van der Waals surface area contributed by atoms with E-state index >= 15 is 0 Å². The smallest absolute Gasteiger partial charge is 0.287 e. The van der Waals surface area contributed by atoms with Gasteiger partial charge < -0.3 is 4.74 Å². The van der Waals surface area contributed by atoms with Crippen molar-refractivity contribution in [3.8, 4) is 5.75 Å². The first-order valence-corrected chi connectivity index (χ1v) is 11.1. The molecule has 4 aromatic rings. The molecule has 1 N–H and O–H groups in total. The van der Waals surface area contributed by atoms with Crippen LogP contribution in [0.3, 0.4) is 0 Å². The molecular weight excluding hydrogens is 540 g/mol. The molecule has 0 amide bonds. The monoisotopic (exact) mass is 554 g/mol. The van der Waals surface area contributed by atoms with Crippen LogP contribution in [0.5, 0.6) is 5.75 Å². The molecule has 4 rings (SSSR count). The molecule has 0 bridgehead atoms. The zero-order valence-corrected chi connectivity index (χ0v) is 19.7. The average Bonchev–Trinajstić information content (AvgIpc) is 2.79. The van der Waals surface area contributed by atoms with E-state index in [2.05, 4.69) is 71.6 Å². The summed E-state index contributed by atoms with van der Waals surface area (Å²) in [7, 11) is 0. The van der Waals surface area contributed by atoms with Crippen LogP contribution in [-0.2, 0) is 6.61 Å². The second kappa shape index (κ2) is 9.88. The molecular formula is C23H16Br2N4O3. The summed E-state index contributed by atoms with van der Waals surface area (Å²) in [5.74, 6) is 1.10. The van der Waals surface area contributed by atoms with Crippen LogP contribution in [0.1, 0.15) is 11.1 Å². The number of halogens is 2. The van der Waals surface area contributed by atoms with E-state index in [1.165, 1.54) is 23.7 Å². The fourth-order valence-electron chi connectivity index (χ4n) is 3.09. The lowest BCUT2D eigenvalue weighted by atomic mass is 10.1. The van der Waals surface area contributed by atoms with Gasteiger partial charge in [0.25, 0.3) is 5.69 Å². The molecule has 0 radical (unpaired) electrons. The lowest BCUT2D eigenvalue weighted by Crippen LogP contribution is -1.99. The highest BCUT2D eigenvalue weighted by Gasteiger charge is 2.10. The fourth-order valence-corrected chi connectivity index (χ4v) is 4.54. The molecule has 3 aromatic carbocycles. The van der Waals surface area contributed by atoms with E-state index < -0.39 is 4.92 Å². The van der Waals surface area contributed by atoms with Crippen LogP contribution in [0.2, 0.25) is 0 Å². The average molecular weight is 556 g/mol. The molecule has 0 fully saturated rings. The normalized spacial score (nSPS) is 11.1. The zero-order valence-electron chi connectivity index (χ0n) is 16.5. The van der Waals surface area contributed by atoms with E-state index in [1.54, 1.807) is 6.21 Å². The van der Waals surface area contributed by atoms with Crippen LogP contribution in [0.15, 0.2) is 87.0 Å². The SMILES string of the molecule is O=[N+]([O-])c1ccc(N/N=C/c2cc(Br)c(OCc3cccc4ccccc34)c(Br)c2)nc1. The van der Waals surface area contributed by atoms with Crippen molar-refractivity contribution in [2.45, 2.75) is 6.61 Å². The maximum Gasteiger partial charge on any atom is 0.287 e. The third-order valence-electron chi connectivity index (χ3n) is 4.62. The number of pyridine rings is 1. The predicted octanol–water partition coefficient (Wildman–Crippen LogP) is 6.69. The van der Waals surface area contributed by atoms with Crippen molar-refractivity contribution in [1.29, 1.82) is 0 Å². The number of ether oxygens (including phenoxy) is 1. The Morgan fingerprint density at radius 1 is 1.06 bits per heavy atom. The number of hydrazone groups is 1. The molecule has 1 aromatic heterocycles. The van der Waals surface area contributed by atoms with Crippen LogP contribution < -0.4 is 10.2 Å². The number of nitrogens with one attached hydrogen (secondary N) is 1. The number of nitrogens with zero attached hydrogens (tertiary/aromatic N) is 3. The maximum absolute atomic E-state index is 10.7. The molecule has 0 atom stereocenters. The Bertz CT molecular complexity index is 1280. The van der Waals surface area contributed by atoms with Gasteiger partial charge in [-0.1, -0.05) is 42.5 Å². The molecule has 7 nitrogen and oxygen atoms in total. The molecule has 0 saturated carbocycles. The Balaban J connectivity index is 1.44. The van der Waals surface area contributed by atoms with E-state index in [9.17, 15) is 10.1 Å². The van der Waals surface area contributed by atoms with Gasteiger partial charge in [-0.25, -0.2) is 4.98 Å². The first kappa shape index (κ1) is 21.9. The number of aromatic nitrogens is 1. The van der Waals surface area contributed by atoms with E-state index in [4.69, 9.17) is 4.74 Å². The van der Waals surface area contributed by atoms with Crippen LogP contribution in [0.4, 0.5) is 11.5 Å². The Hall–Kier alpha value is -3.30. The molecule has 9 heteroatoms. The first-order chi connectivity index (χ1) is 15.5. The quantitative estimate of drug-likeness (QED) is 0.156. The summed E-state index contributed by atoms with van der Waals surface area (Å²) in [5.41, 5.74) is 4.59. The van der Waals surface area contributed by atoms with Crippen molar-refractivity contribution in [3.05, 3.63) is 103 Å². The summed E-state index contributed by atoms with van der Waals surface area (Å²) in [6.07, 6.45) is 2.79. The molecule has 1 heterocycles. The highest BCUT2D eigenvalue weighted by atomic mass is 79.9. The van der Waals surface area contributed by atoms with Crippen molar-refractivity contribution < 1.29 is 9.66 Å². The van der Waals surface area contributed by atoms with Gasteiger partial charge >= 0.3 is 0 Å². The highest BCUT2D eigenvalue weighted by molar-refractivity contribution is 9.11. The van der Waals surface area contributed by atoms with Crippen molar-refractivity contribution >= 4 is 60.4 Å². The van der Waals surface area contributed by atoms with Crippen molar-refractivity contribution in [2.24, 2.45) is 5.10 Å². The molecule has 32 heavy (non-hydrogen) atoms. The lowest BCUT2D eigenvalue weighted by molar-refractivity contribution is -0.385. The van der Waals surface area contributed by atoms with E-state index in [0.29, 0.717) is 18.2 Å². The Labute approximate surface area is 200 Å². The van der Waals surface area contributed by atoms with Crippen LogP contribution in [0, 0.1) is 10.1 Å². The molecule has 0 aliphatic carbocycles. The second-order valence-electron chi connectivity index (χ2n) is 6.77. The molecule has 0 spiro atoms. The number of anilines is 1. The predicted molar refractivity (Wildman–Crippen MR) is 132 cm³/mol. The van der Waals surface area contributed by atoms with Crippen LogP contribution in [0.25, 0.3) is 10.8 Å². The second-order valence-corrected chi connectivity index (χ2v) is 8.48. The Kier molecular flexibility index (Phi) is 6.77. The van der Waals surface area contributed by atoms with E-state index in [-0.39, 0.29) is 5.69 Å². The third-order valence-corrected chi connectivity index (χ3v) is 5.80. The summed E-state index contributed by atoms with van der Waals surface area (Å²) in [5, 5.41) is 17.2. The minimum absolute atomic E-state index is 0.0773. The van der Waals surface area contributed by atoms with Gasteiger partial charge in [0.05, 0.1) is 20.1 Å². The summed E-state index contributed by atoms with van der Waals surface area (Å²) in [6, 6.07) is 21.0. The number of fused-ring (bicyclic) bond motifs is 1. The zero-order chi connectivity index (χ0) is 22.5. The summed E-state index contributed by atoms with van der Waals surface area (Å²) in [6.45, 7) is 0.430. The van der Waals surface area contributed by atoms with Gasteiger partial charge in [-0.2, -0.15) is 5.10 Å². The van der Waals surface area contributed by atoms with Crippen molar-refractivity contribution in [2.75, 3.05) is 5.43 Å². The van der Waals surface area contributed by atoms with Crippen molar-refractivity contribution in [3.63, 3.8) is 0 Å².